The number of hydrogen-bond donors (Lipinski definition) is 2. The maximum absolute atomic E-state index is 8.62. The summed E-state index contributed by atoms with van der Waals surface area (Å²) in [6.07, 6.45) is 1.08. The predicted octanol–water partition coefficient (Wildman–Crippen LogP) is 2.52. The molecule has 106 valence electrons. The van der Waals surface area contributed by atoms with Gasteiger partial charge in [0, 0.05) is 23.5 Å². The van der Waals surface area contributed by atoms with Crippen molar-refractivity contribution in [3.05, 3.63) is 57.8 Å². The summed E-state index contributed by atoms with van der Waals surface area (Å²) in [5, 5.41) is 13.7. The van der Waals surface area contributed by atoms with Crippen molar-refractivity contribution in [2.75, 3.05) is 13.6 Å². The SMILES string of the molecule is CN(CCc1cccs1)Cc1ccc(C(N)=NO)cc1. The minimum atomic E-state index is 0.141. The Kier molecular flexibility index (Phi) is 5.15. The van der Waals surface area contributed by atoms with E-state index in [1.165, 1.54) is 10.4 Å². The zero-order valence-electron chi connectivity index (χ0n) is 11.5. The van der Waals surface area contributed by atoms with Crippen LogP contribution in [0.25, 0.3) is 0 Å². The van der Waals surface area contributed by atoms with Gasteiger partial charge < -0.3 is 15.8 Å². The maximum atomic E-state index is 8.62. The molecule has 0 aliphatic rings. The van der Waals surface area contributed by atoms with Gasteiger partial charge in [-0.3, -0.25) is 0 Å². The van der Waals surface area contributed by atoms with Crippen molar-refractivity contribution in [1.82, 2.24) is 4.90 Å². The lowest BCUT2D eigenvalue weighted by Crippen LogP contribution is -2.20. The van der Waals surface area contributed by atoms with Gasteiger partial charge in [0.15, 0.2) is 5.84 Å². The van der Waals surface area contributed by atoms with Gasteiger partial charge in [0.25, 0.3) is 0 Å². The second kappa shape index (κ2) is 7.07. The quantitative estimate of drug-likeness (QED) is 0.372. The number of benzene rings is 1. The van der Waals surface area contributed by atoms with Crippen molar-refractivity contribution in [2.24, 2.45) is 10.9 Å². The summed E-state index contributed by atoms with van der Waals surface area (Å²) in [5.74, 6) is 0.141. The van der Waals surface area contributed by atoms with Crippen molar-refractivity contribution in [3.63, 3.8) is 0 Å². The van der Waals surface area contributed by atoms with E-state index >= 15 is 0 Å². The number of hydrogen-bond acceptors (Lipinski definition) is 4. The van der Waals surface area contributed by atoms with Crippen molar-refractivity contribution in [1.29, 1.82) is 0 Å². The van der Waals surface area contributed by atoms with Crippen LogP contribution in [0.5, 0.6) is 0 Å². The number of rotatable bonds is 6. The van der Waals surface area contributed by atoms with Crippen molar-refractivity contribution in [2.45, 2.75) is 13.0 Å². The average Bonchev–Trinajstić information content (AvgIpc) is 2.98. The van der Waals surface area contributed by atoms with Crippen LogP contribution in [-0.4, -0.2) is 29.5 Å². The summed E-state index contributed by atoms with van der Waals surface area (Å²) in [5.41, 5.74) is 7.49. The smallest absolute Gasteiger partial charge is 0.170 e. The molecule has 1 aromatic heterocycles. The molecule has 1 aromatic carbocycles. The molecule has 0 radical (unpaired) electrons. The molecule has 2 rings (SSSR count). The summed E-state index contributed by atoms with van der Waals surface area (Å²) in [7, 11) is 2.12. The van der Waals surface area contributed by atoms with Crippen molar-refractivity contribution < 1.29 is 5.21 Å². The number of oxime groups is 1. The highest BCUT2D eigenvalue weighted by Gasteiger charge is 2.03. The molecular weight excluding hydrogens is 270 g/mol. The molecule has 0 atom stereocenters. The van der Waals surface area contributed by atoms with E-state index in [1.807, 2.05) is 24.3 Å². The number of thiophene rings is 1. The van der Waals surface area contributed by atoms with E-state index in [4.69, 9.17) is 10.9 Å². The van der Waals surface area contributed by atoms with Crippen LogP contribution in [0.4, 0.5) is 0 Å². The lowest BCUT2D eigenvalue weighted by molar-refractivity contribution is 0.318. The van der Waals surface area contributed by atoms with Gasteiger partial charge in [0.2, 0.25) is 0 Å². The molecule has 5 heteroatoms. The molecule has 0 unspecified atom stereocenters. The van der Waals surface area contributed by atoms with Gasteiger partial charge in [-0.05, 0) is 30.5 Å². The summed E-state index contributed by atoms with van der Waals surface area (Å²) >= 11 is 1.80. The second-order valence-corrected chi connectivity index (χ2v) is 5.78. The van der Waals surface area contributed by atoms with Crippen LogP contribution in [-0.2, 0) is 13.0 Å². The molecule has 2 aromatic rings. The third kappa shape index (κ3) is 4.08. The second-order valence-electron chi connectivity index (χ2n) is 4.75. The zero-order chi connectivity index (χ0) is 14.4. The van der Waals surface area contributed by atoms with Gasteiger partial charge in [-0.2, -0.15) is 0 Å². The highest BCUT2D eigenvalue weighted by molar-refractivity contribution is 7.09. The Labute approximate surface area is 123 Å². The molecule has 20 heavy (non-hydrogen) atoms. The summed E-state index contributed by atoms with van der Waals surface area (Å²) < 4.78 is 0. The van der Waals surface area contributed by atoms with Crippen LogP contribution < -0.4 is 5.73 Å². The molecule has 0 saturated carbocycles. The van der Waals surface area contributed by atoms with E-state index < -0.39 is 0 Å². The molecule has 4 nitrogen and oxygen atoms in total. The van der Waals surface area contributed by atoms with E-state index in [0.717, 1.165) is 25.1 Å². The van der Waals surface area contributed by atoms with E-state index in [2.05, 4.69) is 34.6 Å². The summed E-state index contributed by atoms with van der Waals surface area (Å²) in [6.45, 7) is 1.92. The fourth-order valence-corrected chi connectivity index (χ4v) is 2.68. The van der Waals surface area contributed by atoms with Crippen molar-refractivity contribution in [3.8, 4) is 0 Å². The lowest BCUT2D eigenvalue weighted by Gasteiger charge is -2.16. The maximum Gasteiger partial charge on any atom is 0.170 e. The first-order valence-corrected chi connectivity index (χ1v) is 7.35. The molecule has 0 amide bonds. The van der Waals surface area contributed by atoms with Gasteiger partial charge in [-0.15, -0.1) is 11.3 Å². The normalized spacial score (nSPS) is 12.0. The average molecular weight is 289 g/mol. The fraction of sp³-hybridized carbons (Fsp3) is 0.267. The van der Waals surface area contributed by atoms with Crippen molar-refractivity contribution >= 4 is 17.2 Å². The molecule has 0 aliphatic heterocycles. The van der Waals surface area contributed by atoms with Gasteiger partial charge in [0.1, 0.15) is 0 Å². The third-order valence-electron chi connectivity index (χ3n) is 3.13. The van der Waals surface area contributed by atoms with Gasteiger partial charge >= 0.3 is 0 Å². The van der Waals surface area contributed by atoms with E-state index in [0.29, 0.717) is 0 Å². The predicted molar refractivity (Wildman–Crippen MR) is 83.3 cm³/mol. The highest BCUT2D eigenvalue weighted by atomic mass is 32.1. The Morgan fingerprint density at radius 2 is 2.05 bits per heavy atom. The number of amidine groups is 1. The van der Waals surface area contributed by atoms with E-state index in [-0.39, 0.29) is 5.84 Å². The van der Waals surface area contributed by atoms with Crippen LogP contribution in [0.2, 0.25) is 0 Å². The number of likely N-dealkylation sites (N-methyl/N-ethyl adjacent to an activating group) is 1. The third-order valence-corrected chi connectivity index (χ3v) is 4.07. The van der Waals surface area contributed by atoms with Crippen LogP contribution in [0, 0.1) is 0 Å². The first kappa shape index (κ1) is 14.6. The largest absolute Gasteiger partial charge is 0.409 e. The standard InChI is InChI=1S/C15H19N3OS/c1-18(9-8-14-3-2-10-20-14)11-12-4-6-13(7-5-12)15(16)17-19/h2-7,10,19H,8-9,11H2,1H3,(H2,16,17). The highest BCUT2D eigenvalue weighted by Crippen LogP contribution is 2.11. The Morgan fingerprint density at radius 1 is 1.30 bits per heavy atom. The summed E-state index contributed by atoms with van der Waals surface area (Å²) in [6, 6.07) is 12.0. The molecule has 0 saturated heterocycles. The Balaban J connectivity index is 1.86. The fourth-order valence-electron chi connectivity index (χ4n) is 1.99. The molecule has 0 spiro atoms. The zero-order valence-corrected chi connectivity index (χ0v) is 12.3. The van der Waals surface area contributed by atoms with E-state index in [1.54, 1.807) is 11.3 Å². The molecule has 0 bridgehead atoms. The van der Waals surface area contributed by atoms with Gasteiger partial charge in [0.05, 0.1) is 0 Å². The minimum absolute atomic E-state index is 0.141. The van der Waals surface area contributed by atoms with Crippen LogP contribution >= 0.6 is 11.3 Å². The van der Waals surface area contributed by atoms with Crippen LogP contribution in [0.3, 0.4) is 0 Å². The number of nitrogens with two attached hydrogens (primary N) is 1. The Hall–Kier alpha value is -1.85. The summed E-state index contributed by atoms with van der Waals surface area (Å²) in [4.78, 5) is 3.71. The molecular formula is C15H19N3OS. The topological polar surface area (TPSA) is 61.8 Å². The first-order valence-electron chi connectivity index (χ1n) is 6.47. The molecule has 0 fully saturated rings. The van der Waals surface area contributed by atoms with Crippen LogP contribution in [0.1, 0.15) is 16.0 Å². The Bertz CT molecular complexity index is 549. The lowest BCUT2D eigenvalue weighted by atomic mass is 10.1. The monoisotopic (exact) mass is 289 g/mol. The first-order chi connectivity index (χ1) is 9.69. The minimum Gasteiger partial charge on any atom is -0.409 e. The number of nitrogens with zero attached hydrogens (tertiary/aromatic N) is 2. The molecule has 1 heterocycles. The molecule has 0 aliphatic carbocycles. The molecule has 3 N–H and O–H groups in total. The van der Waals surface area contributed by atoms with Gasteiger partial charge in [-0.25, -0.2) is 0 Å². The van der Waals surface area contributed by atoms with E-state index in [9.17, 15) is 0 Å². The van der Waals surface area contributed by atoms with Crippen LogP contribution in [0.15, 0.2) is 46.9 Å². The van der Waals surface area contributed by atoms with Gasteiger partial charge in [-0.1, -0.05) is 35.5 Å². The Morgan fingerprint density at radius 3 is 2.65 bits per heavy atom.